The lowest BCUT2D eigenvalue weighted by molar-refractivity contribution is 0.215. The van der Waals surface area contributed by atoms with E-state index in [2.05, 4.69) is 52.1 Å². The maximum absolute atomic E-state index is 5.84. The second kappa shape index (κ2) is 7.19. The van der Waals surface area contributed by atoms with Gasteiger partial charge in [-0.1, -0.05) is 18.2 Å². The summed E-state index contributed by atoms with van der Waals surface area (Å²) in [5, 5.41) is 0. The van der Waals surface area contributed by atoms with Gasteiger partial charge in [0.1, 0.15) is 5.75 Å². The van der Waals surface area contributed by atoms with E-state index in [-0.39, 0.29) is 6.04 Å². The van der Waals surface area contributed by atoms with Gasteiger partial charge in [0.05, 0.1) is 25.2 Å². The number of hydrogen-bond donors (Lipinski definition) is 0. The van der Waals surface area contributed by atoms with Crippen molar-refractivity contribution in [2.24, 2.45) is 0 Å². The standard InChI is InChI=1S/C21H24N2O2/c1-2-25-20-9-4-3-7-17(20)15-23-13-6-12-22-11-5-8-19(22)21(23)18-10-14-24-16-18/h3-5,7-11,14,16,21H,2,6,12-13,15H2,1H3. The van der Waals surface area contributed by atoms with Gasteiger partial charge in [0.25, 0.3) is 0 Å². The van der Waals surface area contributed by atoms with Gasteiger partial charge in [-0.3, -0.25) is 4.90 Å². The number of benzene rings is 1. The lowest BCUT2D eigenvalue weighted by Gasteiger charge is -2.30. The zero-order chi connectivity index (χ0) is 17.1. The number of ether oxygens (including phenoxy) is 1. The van der Waals surface area contributed by atoms with E-state index in [1.54, 1.807) is 6.26 Å². The van der Waals surface area contributed by atoms with E-state index in [0.29, 0.717) is 6.61 Å². The Labute approximate surface area is 148 Å². The molecule has 0 aliphatic carbocycles. The number of nitrogens with zero attached hydrogens (tertiary/aromatic N) is 2. The summed E-state index contributed by atoms with van der Waals surface area (Å²) < 4.78 is 13.6. The minimum atomic E-state index is 0.200. The van der Waals surface area contributed by atoms with Crippen LogP contribution >= 0.6 is 0 Å². The number of furan rings is 1. The van der Waals surface area contributed by atoms with Gasteiger partial charge in [-0.15, -0.1) is 0 Å². The Morgan fingerprint density at radius 3 is 2.88 bits per heavy atom. The topological polar surface area (TPSA) is 30.5 Å². The number of rotatable bonds is 5. The lowest BCUT2D eigenvalue weighted by atomic mass is 10.0. The Kier molecular flexibility index (Phi) is 4.61. The average Bonchev–Trinajstić information content (AvgIpc) is 3.28. The van der Waals surface area contributed by atoms with Gasteiger partial charge < -0.3 is 13.7 Å². The molecule has 0 N–H and O–H groups in total. The van der Waals surface area contributed by atoms with Gasteiger partial charge in [-0.05, 0) is 37.6 Å². The molecular formula is C21H24N2O2. The SMILES string of the molecule is CCOc1ccccc1CN1CCCn2cccc2C1c1ccoc1. The van der Waals surface area contributed by atoms with E-state index in [1.165, 1.54) is 16.8 Å². The fourth-order valence-corrected chi connectivity index (χ4v) is 3.77. The molecule has 4 heteroatoms. The van der Waals surface area contributed by atoms with Crippen LogP contribution in [0.25, 0.3) is 0 Å². The number of aromatic nitrogens is 1. The Balaban J connectivity index is 1.70. The Bertz CT molecular complexity index is 807. The molecule has 4 nitrogen and oxygen atoms in total. The van der Waals surface area contributed by atoms with Gasteiger partial charge >= 0.3 is 0 Å². The highest BCUT2D eigenvalue weighted by atomic mass is 16.5. The second-order valence-corrected chi connectivity index (χ2v) is 6.45. The highest BCUT2D eigenvalue weighted by molar-refractivity contribution is 5.34. The fraction of sp³-hybridized carbons (Fsp3) is 0.333. The number of aryl methyl sites for hydroxylation is 1. The molecule has 0 saturated heterocycles. The van der Waals surface area contributed by atoms with E-state index >= 15 is 0 Å². The van der Waals surface area contributed by atoms with Crippen LogP contribution in [0.5, 0.6) is 5.75 Å². The third kappa shape index (κ3) is 3.22. The largest absolute Gasteiger partial charge is 0.494 e. The number of fused-ring (bicyclic) bond motifs is 1. The van der Waals surface area contributed by atoms with E-state index in [0.717, 1.165) is 31.8 Å². The molecule has 1 aromatic carbocycles. The molecular weight excluding hydrogens is 312 g/mol. The van der Waals surface area contributed by atoms with Gasteiger partial charge in [0, 0.05) is 42.7 Å². The zero-order valence-electron chi connectivity index (χ0n) is 14.6. The molecule has 25 heavy (non-hydrogen) atoms. The van der Waals surface area contributed by atoms with Crippen molar-refractivity contribution in [2.75, 3.05) is 13.2 Å². The van der Waals surface area contributed by atoms with Crippen LogP contribution in [0.3, 0.4) is 0 Å². The predicted octanol–water partition coefficient (Wildman–Crippen LogP) is 4.48. The number of para-hydroxylation sites is 1. The van der Waals surface area contributed by atoms with Crippen LogP contribution in [0.4, 0.5) is 0 Å². The molecule has 0 saturated carbocycles. The summed E-state index contributed by atoms with van der Waals surface area (Å²) in [5.41, 5.74) is 3.77. The molecule has 0 spiro atoms. The molecule has 1 unspecified atom stereocenters. The average molecular weight is 336 g/mol. The Hall–Kier alpha value is -2.46. The van der Waals surface area contributed by atoms with Crippen molar-refractivity contribution in [1.82, 2.24) is 9.47 Å². The first-order chi connectivity index (χ1) is 12.4. The third-order valence-electron chi connectivity index (χ3n) is 4.86. The zero-order valence-corrected chi connectivity index (χ0v) is 14.6. The van der Waals surface area contributed by atoms with Gasteiger partial charge in [0.15, 0.2) is 0 Å². The minimum Gasteiger partial charge on any atom is -0.494 e. The van der Waals surface area contributed by atoms with Crippen LogP contribution in [0.1, 0.15) is 36.2 Å². The molecule has 1 aliphatic heterocycles. The van der Waals surface area contributed by atoms with Crippen LogP contribution < -0.4 is 4.74 Å². The summed E-state index contributed by atoms with van der Waals surface area (Å²) in [6.45, 7) is 5.67. The molecule has 0 bridgehead atoms. The van der Waals surface area contributed by atoms with Crippen molar-refractivity contribution >= 4 is 0 Å². The molecule has 3 heterocycles. The van der Waals surface area contributed by atoms with Crippen LogP contribution in [0, 0.1) is 0 Å². The van der Waals surface area contributed by atoms with E-state index in [4.69, 9.17) is 9.15 Å². The molecule has 3 aromatic rings. The predicted molar refractivity (Wildman–Crippen MR) is 97.6 cm³/mol. The third-order valence-corrected chi connectivity index (χ3v) is 4.86. The van der Waals surface area contributed by atoms with E-state index in [1.807, 2.05) is 19.3 Å². The summed E-state index contributed by atoms with van der Waals surface area (Å²) in [5.74, 6) is 0.982. The summed E-state index contributed by atoms with van der Waals surface area (Å²) in [4.78, 5) is 2.53. The second-order valence-electron chi connectivity index (χ2n) is 6.45. The first kappa shape index (κ1) is 16.0. The molecule has 2 aromatic heterocycles. The van der Waals surface area contributed by atoms with Gasteiger partial charge in [-0.25, -0.2) is 0 Å². The Morgan fingerprint density at radius 1 is 1.12 bits per heavy atom. The van der Waals surface area contributed by atoms with Crippen molar-refractivity contribution in [3.8, 4) is 5.75 Å². The highest BCUT2D eigenvalue weighted by Crippen LogP contribution is 2.34. The molecule has 0 fully saturated rings. The van der Waals surface area contributed by atoms with Crippen LogP contribution in [-0.2, 0) is 13.1 Å². The van der Waals surface area contributed by atoms with Gasteiger partial charge in [-0.2, -0.15) is 0 Å². The molecule has 1 atom stereocenters. The smallest absolute Gasteiger partial charge is 0.123 e. The summed E-state index contributed by atoms with van der Waals surface area (Å²) in [6.07, 6.45) is 6.95. The van der Waals surface area contributed by atoms with Crippen LogP contribution in [-0.4, -0.2) is 22.6 Å². The lowest BCUT2D eigenvalue weighted by Crippen LogP contribution is -2.29. The molecule has 130 valence electrons. The normalized spacial score (nSPS) is 17.9. The summed E-state index contributed by atoms with van der Waals surface area (Å²) >= 11 is 0. The van der Waals surface area contributed by atoms with Crippen LogP contribution in [0.15, 0.2) is 65.6 Å². The first-order valence-electron chi connectivity index (χ1n) is 8.98. The molecule has 0 radical (unpaired) electrons. The first-order valence-corrected chi connectivity index (χ1v) is 8.98. The molecule has 4 rings (SSSR count). The van der Waals surface area contributed by atoms with Crippen molar-refractivity contribution in [3.05, 3.63) is 78.0 Å². The monoisotopic (exact) mass is 336 g/mol. The van der Waals surface area contributed by atoms with Crippen molar-refractivity contribution < 1.29 is 9.15 Å². The Morgan fingerprint density at radius 2 is 2.04 bits per heavy atom. The summed E-state index contributed by atoms with van der Waals surface area (Å²) in [7, 11) is 0. The van der Waals surface area contributed by atoms with Crippen molar-refractivity contribution in [2.45, 2.75) is 32.5 Å². The molecule has 0 amide bonds. The van der Waals surface area contributed by atoms with Crippen LogP contribution in [0.2, 0.25) is 0 Å². The highest BCUT2D eigenvalue weighted by Gasteiger charge is 2.28. The number of hydrogen-bond acceptors (Lipinski definition) is 3. The fourth-order valence-electron chi connectivity index (χ4n) is 3.77. The maximum Gasteiger partial charge on any atom is 0.123 e. The van der Waals surface area contributed by atoms with E-state index < -0.39 is 0 Å². The van der Waals surface area contributed by atoms with E-state index in [9.17, 15) is 0 Å². The maximum atomic E-state index is 5.84. The quantitative estimate of drug-likeness (QED) is 0.688. The van der Waals surface area contributed by atoms with Gasteiger partial charge in [0.2, 0.25) is 0 Å². The minimum absolute atomic E-state index is 0.200. The van der Waals surface area contributed by atoms with Crippen molar-refractivity contribution in [1.29, 1.82) is 0 Å². The molecule has 1 aliphatic rings. The summed E-state index contributed by atoms with van der Waals surface area (Å²) in [6, 6.07) is 15.0. The van der Waals surface area contributed by atoms with Crippen molar-refractivity contribution in [3.63, 3.8) is 0 Å².